The number of hydrogen-bond acceptors (Lipinski definition) is 4. The van der Waals surface area contributed by atoms with Crippen LogP contribution in [0.2, 0.25) is 0 Å². The highest BCUT2D eigenvalue weighted by atomic mass is 16.6. The summed E-state index contributed by atoms with van der Waals surface area (Å²) in [5.41, 5.74) is 2.53. The van der Waals surface area contributed by atoms with Gasteiger partial charge >= 0.3 is 6.09 Å². The van der Waals surface area contributed by atoms with Crippen molar-refractivity contribution < 1.29 is 19.1 Å². The van der Waals surface area contributed by atoms with Crippen LogP contribution in [0.25, 0.3) is 10.8 Å². The van der Waals surface area contributed by atoms with Crippen molar-refractivity contribution in [1.29, 1.82) is 0 Å². The molecule has 3 atom stereocenters. The monoisotopic (exact) mass is 545 g/mol. The molecule has 0 spiro atoms. The highest BCUT2D eigenvalue weighted by Crippen LogP contribution is 2.31. The number of carbonyl (C=O) groups excluding carboxylic acids is 3. The van der Waals surface area contributed by atoms with E-state index in [9.17, 15) is 14.4 Å². The maximum absolute atomic E-state index is 14.2. The summed E-state index contributed by atoms with van der Waals surface area (Å²) in [4.78, 5) is 42.7. The van der Waals surface area contributed by atoms with E-state index in [1.165, 1.54) is 0 Å². The molecule has 0 aliphatic carbocycles. The fourth-order valence-electron chi connectivity index (χ4n) is 4.93. The first-order valence-electron chi connectivity index (χ1n) is 14.0. The highest BCUT2D eigenvalue weighted by molar-refractivity contribution is 6.00. The Labute approximate surface area is 238 Å². The maximum atomic E-state index is 14.2. The van der Waals surface area contributed by atoms with Crippen molar-refractivity contribution in [1.82, 2.24) is 10.2 Å². The van der Waals surface area contributed by atoms with Crippen molar-refractivity contribution in [3.05, 3.63) is 77.4 Å². The number of nitrogens with zero attached hydrogens (tertiary/aromatic N) is 1. The van der Waals surface area contributed by atoms with Crippen LogP contribution < -0.4 is 10.6 Å². The second-order valence-electron chi connectivity index (χ2n) is 11.4. The van der Waals surface area contributed by atoms with Crippen LogP contribution in [0.1, 0.15) is 70.7 Å². The molecule has 3 amide bonds. The number of aryl methyl sites for hydroxylation is 2. The Morgan fingerprint density at radius 1 is 0.900 bits per heavy atom. The van der Waals surface area contributed by atoms with Crippen LogP contribution in [-0.4, -0.2) is 41.0 Å². The standard InChI is InChI=1S/C33H43N3O4/c1-9-21(3)28(35-32(39)40-33(6,7)8)31(38)36(10-2)29(27-22(4)14-13-15-23(27)5)30(37)34-26-19-18-24-16-11-12-17-25(24)20-26/h11-21,28-29H,9-10H2,1-8H3,(H,34,37)(H,35,39). The van der Waals surface area contributed by atoms with Gasteiger partial charge in [-0.05, 0) is 87.1 Å². The van der Waals surface area contributed by atoms with E-state index in [4.69, 9.17) is 4.74 Å². The van der Waals surface area contributed by atoms with Crippen LogP contribution >= 0.6 is 0 Å². The SMILES string of the molecule is CCC(C)C(NC(=O)OC(C)(C)C)C(=O)N(CC)C(C(=O)Nc1ccc2ccccc2c1)c1c(C)cccc1C. The molecule has 214 valence electrons. The van der Waals surface area contributed by atoms with Gasteiger partial charge in [-0.2, -0.15) is 0 Å². The zero-order valence-corrected chi connectivity index (χ0v) is 25.0. The minimum absolute atomic E-state index is 0.184. The summed E-state index contributed by atoms with van der Waals surface area (Å²) in [6.45, 7) is 15.2. The lowest BCUT2D eigenvalue weighted by atomic mass is 9.92. The number of anilines is 1. The number of likely N-dealkylation sites (N-methyl/N-ethyl adjacent to an activating group) is 1. The smallest absolute Gasteiger partial charge is 0.408 e. The van der Waals surface area contributed by atoms with Crippen molar-refractivity contribution in [2.45, 2.75) is 79.5 Å². The quantitative estimate of drug-likeness (QED) is 0.305. The number of alkyl carbamates (subject to hydrolysis) is 1. The van der Waals surface area contributed by atoms with Gasteiger partial charge in [0.05, 0.1) is 0 Å². The van der Waals surface area contributed by atoms with Gasteiger partial charge in [-0.3, -0.25) is 9.59 Å². The number of hydrogen-bond donors (Lipinski definition) is 2. The Hall–Kier alpha value is -3.87. The molecule has 7 nitrogen and oxygen atoms in total. The minimum atomic E-state index is -0.905. The van der Waals surface area contributed by atoms with Gasteiger partial charge in [-0.1, -0.05) is 68.8 Å². The summed E-state index contributed by atoms with van der Waals surface area (Å²) in [6, 6.07) is 17.8. The first-order chi connectivity index (χ1) is 18.9. The lowest BCUT2D eigenvalue weighted by Gasteiger charge is -2.36. The van der Waals surface area contributed by atoms with Crippen LogP contribution in [0.4, 0.5) is 10.5 Å². The first kappa shape index (κ1) is 30.7. The van der Waals surface area contributed by atoms with E-state index in [0.717, 1.165) is 27.5 Å². The van der Waals surface area contributed by atoms with E-state index >= 15 is 0 Å². The number of benzene rings is 3. The predicted octanol–water partition coefficient (Wildman–Crippen LogP) is 6.92. The molecule has 7 heteroatoms. The summed E-state index contributed by atoms with van der Waals surface area (Å²) in [6.07, 6.45) is -0.00683. The largest absolute Gasteiger partial charge is 0.444 e. The topological polar surface area (TPSA) is 87.7 Å². The highest BCUT2D eigenvalue weighted by Gasteiger charge is 2.38. The van der Waals surface area contributed by atoms with Crippen LogP contribution in [-0.2, 0) is 14.3 Å². The summed E-state index contributed by atoms with van der Waals surface area (Å²) in [5, 5.41) is 7.94. The van der Waals surface area contributed by atoms with Gasteiger partial charge in [0.25, 0.3) is 5.91 Å². The molecule has 0 heterocycles. The number of amides is 3. The lowest BCUT2D eigenvalue weighted by Crippen LogP contribution is -2.54. The molecule has 2 N–H and O–H groups in total. The van der Waals surface area contributed by atoms with Crippen molar-refractivity contribution in [2.75, 3.05) is 11.9 Å². The van der Waals surface area contributed by atoms with E-state index in [1.54, 1.807) is 25.7 Å². The van der Waals surface area contributed by atoms with Crippen molar-refractivity contribution in [2.24, 2.45) is 5.92 Å². The Bertz CT molecular complexity index is 1340. The maximum Gasteiger partial charge on any atom is 0.408 e. The normalized spacial score (nSPS) is 13.7. The molecule has 0 radical (unpaired) electrons. The summed E-state index contributed by atoms with van der Waals surface area (Å²) in [5.74, 6) is -0.830. The van der Waals surface area contributed by atoms with E-state index in [0.29, 0.717) is 12.1 Å². The molecule has 0 bridgehead atoms. The number of ether oxygens (including phenoxy) is 1. The van der Waals surface area contributed by atoms with E-state index in [-0.39, 0.29) is 24.3 Å². The van der Waals surface area contributed by atoms with Gasteiger partial charge in [-0.25, -0.2) is 4.79 Å². The second-order valence-corrected chi connectivity index (χ2v) is 11.4. The molecule has 0 fully saturated rings. The Balaban J connectivity index is 2.04. The lowest BCUT2D eigenvalue weighted by molar-refractivity contribution is -0.141. The molecule has 3 aromatic carbocycles. The number of nitrogens with one attached hydrogen (secondary N) is 2. The van der Waals surface area contributed by atoms with Gasteiger partial charge in [0.15, 0.2) is 0 Å². The molecule has 0 aromatic heterocycles. The molecule has 40 heavy (non-hydrogen) atoms. The molecule has 0 aliphatic rings. The van der Waals surface area contributed by atoms with Crippen LogP contribution in [0.15, 0.2) is 60.7 Å². The van der Waals surface area contributed by atoms with Gasteiger partial charge in [-0.15, -0.1) is 0 Å². The van der Waals surface area contributed by atoms with Gasteiger partial charge < -0.3 is 20.3 Å². The average molecular weight is 546 g/mol. The number of fused-ring (bicyclic) bond motifs is 1. The molecule has 0 saturated heterocycles. The average Bonchev–Trinajstić information content (AvgIpc) is 2.89. The van der Waals surface area contributed by atoms with Crippen molar-refractivity contribution in [3.8, 4) is 0 Å². The van der Waals surface area contributed by atoms with E-state index < -0.39 is 23.8 Å². The van der Waals surface area contributed by atoms with Crippen LogP contribution in [0.5, 0.6) is 0 Å². The molecule has 3 aromatic rings. The molecular formula is C33H43N3O4. The van der Waals surface area contributed by atoms with Crippen molar-refractivity contribution >= 4 is 34.4 Å². The summed E-state index contributed by atoms with van der Waals surface area (Å²) in [7, 11) is 0. The van der Waals surface area contributed by atoms with Crippen LogP contribution in [0.3, 0.4) is 0 Å². The third-order valence-electron chi connectivity index (χ3n) is 7.17. The fourth-order valence-corrected chi connectivity index (χ4v) is 4.93. The number of carbonyl (C=O) groups is 3. The van der Waals surface area contributed by atoms with Crippen molar-refractivity contribution in [3.63, 3.8) is 0 Å². The Morgan fingerprint density at radius 2 is 1.52 bits per heavy atom. The zero-order chi connectivity index (χ0) is 29.6. The molecule has 0 saturated carbocycles. The molecule has 3 unspecified atom stereocenters. The third-order valence-corrected chi connectivity index (χ3v) is 7.17. The predicted molar refractivity (Wildman–Crippen MR) is 161 cm³/mol. The van der Waals surface area contributed by atoms with E-state index in [1.807, 2.05) is 95.3 Å². The fraction of sp³-hybridized carbons (Fsp3) is 0.424. The minimum Gasteiger partial charge on any atom is -0.444 e. The first-order valence-corrected chi connectivity index (χ1v) is 14.0. The summed E-state index contributed by atoms with van der Waals surface area (Å²) >= 11 is 0. The molecule has 3 rings (SSSR count). The molecular weight excluding hydrogens is 502 g/mol. The van der Waals surface area contributed by atoms with Crippen LogP contribution in [0, 0.1) is 19.8 Å². The third kappa shape index (κ3) is 7.40. The van der Waals surface area contributed by atoms with E-state index in [2.05, 4.69) is 10.6 Å². The van der Waals surface area contributed by atoms with Gasteiger partial charge in [0.1, 0.15) is 17.7 Å². The molecule has 0 aliphatic heterocycles. The zero-order valence-electron chi connectivity index (χ0n) is 25.0. The van der Waals surface area contributed by atoms with Gasteiger partial charge in [0.2, 0.25) is 5.91 Å². The number of rotatable bonds is 9. The van der Waals surface area contributed by atoms with Gasteiger partial charge in [0, 0.05) is 12.2 Å². The Morgan fingerprint density at radius 3 is 2.10 bits per heavy atom. The Kier molecular flexibility index (Phi) is 9.96. The second kappa shape index (κ2) is 13.0. The summed E-state index contributed by atoms with van der Waals surface area (Å²) < 4.78 is 5.47.